The molecule has 6 nitrogen and oxygen atoms in total. The highest BCUT2D eigenvalue weighted by Crippen LogP contribution is 2.33. The van der Waals surface area contributed by atoms with E-state index in [9.17, 15) is 10.1 Å². The monoisotopic (exact) mass is 510 g/mol. The van der Waals surface area contributed by atoms with Crippen molar-refractivity contribution in [1.29, 1.82) is 5.26 Å². The molecule has 3 aromatic carbocycles. The van der Waals surface area contributed by atoms with Crippen LogP contribution >= 0.6 is 0 Å². The van der Waals surface area contributed by atoms with E-state index in [2.05, 4.69) is 44.7 Å². The number of rotatable bonds is 11. The van der Waals surface area contributed by atoms with Crippen molar-refractivity contribution in [1.82, 2.24) is 0 Å². The van der Waals surface area contributed by atoms with Gasteiger partial charge in [0.2, 0.25) is 0 Å². The van der Waals surface area contributed by atoms with Crippen LogP contribution in [-0.2, 0) is 14.9 Å². The molecule has 38 heavy (non-hydrogen) atoms. The second kappa shape index (κ2) is 12.0. The number of carbonyl (C=O) groups is 1. The lowest BCUT2D eigenvalue weighted by Gasteiger charge is -2.26. The molecular formula is C32H34N2O4. The molecule has 0 bridgehead atoms. The maximum atomic E-state index is 12.7. The molecule has 1 atom stereocenters. The first kappa shape index (κ1) is 27.0. The fourth-order valence-electron chi connectivity index (χ4n) is 4.26. The van der Waals surface area contributed by atoms with Crippen molar-refractivity contribution in [2.75, 3.05) is 31.2 Å². The zero-order valence-corrected chi connectivity index (χ0v) is 22.4. The summed E-state index contributed by atoms with van der Waals surface area (Å²) in [5.41, 5.74) is 3.75. The molecule has 0 spiro atoms. The first-order chi connectivity index (χ1) is 18.3. The van der Waals surface area contributed by atoms with Crippen molar-refractivity contribution in [3.8, 4) is 17.6 Å². The lowest BCUT2D eigenvalue weighted by molar-refractivity contribution is -0.129. The molecule has 6 heteroatoms. The number of esters is 1. The highest BCUT2D eigenvalue weighted by Gasteiger charge is 2.25. The van der Waals surface area contributed by atoms with Crippen LogP contribution in [0.2, 0.25) is 0 Å². The topological polar surface area (TPSA) is 75.1 Å². The number of hydrogen-bond donors (Lipinski definition) is 0. The van der Waals surface area contributed by atoms with Crippen LogP contribution in [0.5, 0.6) is 11.5 Å². The van der Waals surface area contributed by atoms with E-state index in [-0.39, 0.29) is 17.1 Å². The van der Waals surface area contributed by atoms with Crippen LogP contribution in [0.25, 0.3) is 6.08 Å². The Morgan fingerprint density at radius 2 is 1.53 bits per heavy atom. The van der Waals surface area contributed by atoms with Crippen LogP contribution in [0.4, 0.5) is 5.69 Å². The zero-order chi connectivity index (χ0) is 27.1. The number of epoxide rings is 1. The van der Waals surface area contributed by atoms with E-state index in [1.807, 2.05) is 54.6 Å². The third-order valence-electron chi connectivity index (χ3n) is 6.87. The van der Waals surface area contributed by atoms with E-state index in [1.54, 1.807) is 18.2 Å². The van der Waals surface area contributed by atoms with Gasteiger partial charge in [-0.1, -0.05) is 50.2 Å². The van der Waals surface area contributed by atoms with Gasteiger partial charge >= 0.3 is 5.97 Å². The Hall–Kier alpha value is -4.08. The van der Waals surface area contributed by atoms with Crippen molar-refractivity contribution >= 4 is 17.7 Å². The van der Waals surface area contributed by atoms with Crippen molar-refractivity contribution in [2.45, 2.75) is 39.2 Å². The number of nitrogens with zero attached hydrogens (tertiary/aromatic N) is 2. The number of benzene rings is 3. The average molecular weight is 511 g/mol. The Morgan fingerprint density at radius 3 is 2.03 bits per heavy atom. The molecule has 196 valence electrons. The first-order valence-electron chi connectivity index (χ1n) is 13.0. The van der Waals surface area contributed by atoms with Gasteiger partial charge in [0.15, 0.2) is 0 Å². The summed E-state index contributed by atoms with van der Waals surface area (Å²) < 4.78 is 16.4. The molecule has 3 aromatic rings. The molecule has 1 aliphatic rings. The molecule has 0 amide bonds. The number of hydrogen-bond acceptors (Lipinski definition) is 6. The van der Waals surface area contributed by atoms with E-state index < -0.39 is 5.97 Å². The quantitative estimate of drug-likeness (QED) is 0.101. The lowest BCUT2D eigenvalue weighted by atomic mass is 9.78. The number of carbonyl (C=O) groups excluding carboxylic acids is 1. The Morgan fingerprint density at radius 1 is 0.974 bits per heavy atom. The summed E-state index contributed by atoms with van der Waals surface area (Å²) in [6, 6.07) is 25.2. The predicted molar refractivity (Wildman–Crippen MR) is 149 cm³/mol. The number of nitriles is 1. The van der Waals surface area contributed by atoms with Crippen LogP contribution < -0.4 is 14.4 Å². The van der Waals surface area contributed by atoms with Crippen molar-refractivity contribution in [2.24, 2.45) is 0 Å². The summed E-state index contributed by atoms with van der Waals surface area (Å²) in [6.07, 6.45) is 1.78. The van der Waals surface area contributed by atoms with Gasteiger partial charge in [-0.3, -0.25) is 0 Å². The summed E-state index contributed by atoms with van der Waals surface area (Å²) in [5, 5.41) is 9.57. The van der Waals surface area contributed by atoms with E-state index >= 15 is 0 Å². The minimum atomic E-state index is -0.681. The SMILES string of the molecule is CCN(CC)c1ccc(/C=C(\C#N)C(=O)Oc2ccc(C(C)(C)c3ccc(OCC4CO4)cc3)cc2)cc1. The molecule has 0 aromatic heterocycles. The van der Waals surface area contributed by atoms with Gasteiger partial charge in [0.1, 0.15) is 35.9 Å². The standard InChI is InChI=1S/C32H34N2O4/c1-5-34(6-2)27-13-7-23(8-14-27)19-24(20-33)31(35)38-29-17-11-26(12-18-29)32(3,4)25-9-15-28(16-10-25)36-21-30-22-37-30/h7-19,30H,5-6,21-22H2,1-4H3/b24-19+. The normalized spacial score (nSPS) is 14.9. The second-order valence-electron chi connectivity index (χ2n) is 9.76. The van der Waals surface area contributed by atoms with Crippen LogP contribution in [0.3, 0.4) is 0 Å². The Bertz CT molecular complexity index is 1300. The second-order valence-corrected chi connectivity index (χ2v) is 9.76. The highest BCUT2D eigenvalue weighted by atomic mass is 16.6. The minimum absolute atomic E-state index is 0.0550. The maximum absolute atomic E-state index is 12.7. The molecule has 0 aliphatic carbocycles. The van der Waals surface area contributed by atoms with Gasteiger partial charge in [0.05, 0.1) is 6.61 Å². The maximum Gasteiger partial charge on any atom is 0.354 e. The fourth-order valence-corrected chi connectivity index (χ4v) is 4.26. The van der Waals surface area contributed by atoms with Gasteiger partial charge in [-0.05, 0) is 73.0 Å². The summed E-state index contributed by atoms with van der Waals surface area (Å²) >= 11 is 0. The van der Waals surface area contributed by atoms with Crippen molar-refractivity contribution in [3.63, 3.8) is 0 Å². The molecule has 1 fully saturated rings. The van der Waals surface area contributed by atoms with Crippen LogP contribution in [0.1, 0.15) is 44.4 Å². The fraction of sp³-hybridized carbons (Fsp3) is 0.312. The Kier molecular flexibility index (Phi) is 8.50. The molecule has 0 radical (unpaired) electrons. The summed E-state index contributed by atoms with van der Waals surface area (Å²) in [7, 11) is 0. The molecule has 1 saturated heterocycles. The predicted octanol–water partition coefficient (Wildman–Crippen LogP) is 6.15. The largest absolute Gasteiger partial charge is 0.491 e. The first-order valence-corrected chi connectivity index (χ1v) is 13.0. The third-order valence-corrected chi connectivity index (χ3v) is 6.87. The summed E-state index contributed by atoms with van der Waals surface area (Å²) in [4.78, 5) is 14.9. The van der Waals surface area contributed by atoms with Crippen LogP contribution in [-0.4, -0.2) is 38.4 Å². The summed E-state index contributed by atoms with van der Waals surface area (Å²) in [6.45, 7) is 11.7. The van der Waals surface area contributed by atoms with Gasteiger partial charge in [-0.15, -0.1) is 0 Å². The molecule has 1 unspecified atom stereocenters. The van der Waals surface area contributed by atoms with Crippen molar-refractivity contribution < 1.29 is 19.0 Å². The Labute approximate surface area is 225 Å². The lowest BCUT2D eigenvalue weighted by Crippen LogP contribution is -2.21. The van der Waals surface area contributed by atoms with Gasteiger partial charge in [0.25, 0.3) is 0 Å². The molecule has 0 N–H and O–H groups in total. The van der Waals surface area contributed by atoms with E-state index in [1.165, 1.54) is 0 Å². The third kappa shape index (κ3) is 6.62. The molecule has 1 aliphatic heterocycles. The minimum Gasteiger partial charge on any atom is -0.491 e. The highest BCUT2D eigenvalue weighted by molar-refractivity contribution is 5.99. The molecule has 1 heterocycles. The van der Waals surface area contributed by atoms with Gasteiger partial charge in [-0.25, -0.2) is 4.79 Å². The molecule has 4 rings (SSSR count). The van der Waals surface area contributed by atoms with Crippen LogP contribution in [0, 0.1) is 11.3 Å². The number of anilines is 1. The molecule has 0 saturated carbocycles. The van der Waals surface area contributed by atoms with Gasteiger partial charge in [0, 0.05) is 24.2 Å². The van der Waals surface area contributed by atoms with Crippen LogP contribution in [0.15, 0.2) is 78.4 Å². The number of ether oxygens (including phenoxy) is 3. The van der Waals surface area contributed by atoms with Gasteiger partial charge in [-0.2, -0.15) is 5.26 Å². The van der Waals surface area contributed by atoms with E-state index in [4.69, 9.17) is 14.2 Å². The summed E-state index contributed by atoms with van der Waals surface area (Å²) in [5.74, 6) is 0.529. The molecular weight excluding hydrogens is 476 g/mol. The Balaban J connectivity index is 1.40. The van der Waals surface area contributed by atoms with Gasteiger partial charge < -0.3 is 19.1 Å². The zero-order valence-electron chi connectivity index (χ0n) is 22.4. The van der Waals surface area contributed by atoms with E-state index in [0.29, 0.717) is 12.4 Å². The smallest absolute Gasteiger partial charge is 0.354 e. The van der Waals surface area contributed by atoms with Crippen molar-refractivity contribution in [3.05, 3.63) is 95.1 Å². The van der Waals surface area contributed by atoms with E-state index in [0.717, 1.165) is 47.8 Å². The average Bonchev–Trinajstić information content (AvgIpc) is 3.77.